The summed E-state index contributed by atoms with van der Waals surface area (Å²) in [5, 5.41) is 0. The molecule has 0 amide bonds. The molecule has 0 radical (unpaired) electrons. The van der Waals surface area contributed by atoms with Crippen molar-refractivity contribution in [3.05, 3.63) is 46.4 Å². The Bertz CT molecular complexity index is 607. The number of benzene rings is 2. The van der Waals surface area contributed by atoms with E-state index < -0.39 is 0 Å². The molecular formula is C16H18BrNO3. The van der Waals surface area contributed by atoms with Gasteiger partial charge in [-0.3, -0.25) is 0 Å². The van der Waals surface area contributed by atoms with Gasteiger partial charge in [0.1, 0.15) is 23.0 Å². The van der Waals surface area contributed by atoms with Crippen LogP contribution in [0.2, 0.25) is 0 Å². The maximum Gasteiger partial charge on any atom is 0.134 e. The highest BCUT2D eigenvalue weighted by Crippen LogP contribution is 2.33. The maximum absolute atomic E-state index is 5.89. The van der Waals surface area contributed by atoms with E-state index in [1.54, 1.807) is 32.4 Å². The number of rotatable bonds is 5. The molecule has 0 spiro atoms. The summed E-state index contributed by atoms with van der Waals surface area (Å²) in [7, 11) is 3.21. The Morgan fingerprint density at radius 1 is 0.905 bits per heavy atom. The van der Waals surface area contributed by atoms with Crippen LogP contribution in [0.1, 0.15) is 18.5 Å². The first kappa shape index (κ1) is 15.7. The van der Waals surface area contributed by atoms with Crippen molar-refractivity contribution in [2.45, 2.75) is 13.0 Å². The van der Waals surface area contributed by atoms with E-state index >= 15 is 0 Å². The van der Waals surface area contributed by atoms with E-state index in [9.17, 15) is 0 Å². The summed E-state index contributed by atoms with van der Waals surface area (Å²) in [5.41, 5.74) is 6.92. The van der Waals surface area contributed by atoms with Crippen molar-refractivity contribution in [2.24, 2.45) is 5.73 Å². The first-order valence-electron chi connectivity index (χ1n) is 6.49. The fraction of sp³-hybridized carbons (Fsp3) is 0.250. The van der Waals surface area contributed by atoms with E-state index in [-0.39, 0.29) is 6.04 Å². The zero-order valence-electron chi connectivity index (χ0n) is 12.2. The number of ether oxygens (including phenoxy) is 3. The van der Waals surface area contributed by atoms with Gasteiger partial charge in [-0.1, -0.05) is 22.0 Å². The topological polar surface area (TPSA) is 53.7 Å². The second-order valence-corrected chi connectivity index (χ2v) is 5.48. The minimum absolute atomic E-state index is 0.0367. The number of halogens is 1. The van der Waals surface area contributed by atoms with Gasteiger partial charge in [0.15, 0.2) is 0 Å². The van der Waals surface area contributed by atoms with E-state index in [0.717, 1.165) is 10.0 Å². The summed E-state index contributed by atoms with van der Waals surface area (Å²) in [6.07, 6.45) is 0. The highest BCUT2D eigenvalue weighted by atomic mass is 79.9. The van der Waals surface area contributed by atoms with Crippen LogP contribution < -0.4 is 19.9 Å². The minimum atomic E-state index is -0.0367. The number of methoxy groups -OCH3 is 2. The summed E-state index contributed by atoms with van der Waals surface area (Å²) >= 11 is 3.51. The highest BCUT2D eigenvalue weighted by molar-refractivity contribution is 9.10. The molecule has 0 fully saturated rings. The summed E-state index contributed by atoms with van der Waals surface area (Å²) in [5.74, 6) is 2.71. The Labute approximate surface area is 132 Å². The molecule has 0 aromatic heterocycles. The highest BCUT2D eigenvalue weighted by Gasteiger charge is 2.08. The zero-order chi connectivity index (χ0) is 15.4. The summed E-state index contributed by atoms with van der Waals surface area (Å²) in [4.78, 5) is 0. The Balaban J connectivity index is 2.27. The molecule has 0 unspecified atom stereocenters. The van der Waals surface area contributed by atoms with E-state index in [1.165, 1.54) is 0 Å². The van der Waals surface area contributed by atoms with Crippen molar-refractivity contribution in [1.82, 2.24) is 0 Å². The molecule has 0 saturated heterocycles. The van der Waals surface area contributed by atoms with Crippen LogP contribution in [0.25, 0.3) is 0 Å². The van der Waals surface area contributed by atoms with Crippen molar-refractivity contribution in [2.75, 3.05) is 14.2 Å². The molecule has 2 aromatic rings. The Morgan fingerprint density at radius 3 is 1.95 bits per heavy atom. The van der Waals surface area contributed by atoms with Gasteiger partial charge in [-0.15, -0.1) is 0 Å². The van der Waals surface area contributed by atoms with Crippen LogP contribution in [-0.2, 0) is 0 Å². The fourth-order valence-corrected chi connectivity index (χ4v) is 2.64. The van der Waals surface area contributed by atoms with Crippen LogP contribution in [0.5, 0.6) is 23.0 Å². The number of hydrogen-bond acceptors (Lipinski definition) is 4. The molecule has 2 aromatic carbocycles. The van der Waals surface area contributed by atoms with E-state index in [0.29, 0.717) is 23.0 Å². The molecule has 21 heavy (non-hydrogen) atoms. The van der Waals surface area contributed by atoms with Gasteiger partial charge in [0.25, 0.3) is 0 Å². The third-order valence-corrected chi connectivity index (χ3v) is 3.71. The average molecular weight is 352 g/mol. The smallest absolute Gasteiger partial charge is 0.134 e. The van der Waals surface area contributed by atoms with Crippen molar-refractivity contribution >= 4 is 15.9 Å². The fourth-order valence-electron chi connectivity index (χ4n) is 1.92. The van der Waals surface area contributed by atoms with E-state index in [1.807, 2.05) is 25.1 Å². The second-order valence-electron chi connectivity index (χ2n) is 4.62. The standard InChI is InChI=1S/C16H18BrNO3/c1-10(18)15-5-4-11(9-16(15)17)21-14-7-12(19-2)6-13(8-14)20-3/h4-10H,18H2,1-3H3/t10-/m1/s1. The first-order chi connectivity index (χ1) is 10.0. The van der Waals surface area contributed by atoms with E-state index in [2.05, 4.69) is 15.9 Å². The lowest BCUT2D eigenvalue weighted by Gasteiger charge is -2.12. The van der Waals surface area contributed by atoms with Crippen molar-refractivity contribution in [1.29, 1.82) is 0 Å². The SMILES string of the molecule is COc1cc(OC)cc(Oc2ccc([C@@H](C)N)c(Br)c2)c1. The van der Waals surface area contributed by atoms with Crippen LogP contribution in [0.3, 0.4) is 0 Å². The normalized spacial score (nSPS) is 11.9. The molecule has 2 rings (SSSR count). The quantitative estimate of drug-likeness (QED) is 0.873. The van der Waals surface area contributed by atoms with Gasteiger partial charge in [0, 0.05) is 28.7 Å². The van der Waals surface area contributed by atoms with Crippen molar-refractivity contribution in [3.63, 3.8) is 0 Å². The summed E-state index contributed by atoms with van der Waals surface area (Å²) in [6, 6.07) is 11.1. The molecule has 0 aliphatic rings. The lowest BCUT2D eigenvalue weighted by atomic mass is 10.1. The molecular weight excluding hydrogens is 334 g/mol. The van der Waals surface area contributed by atoms with Crippen LogP contribution in [-0.4, -0.2) is 14.2 Å². The largest absolute Gasteiger partial charge is 0.496 e. The Hall–Kier alpha value is -1.72. The van der Waals surface area contributed by atoms with Crippen LogP contribution in [0.4, 0.5) is 0 Å². The lowest BCUT2D eigenvalue weighted by Crippen LogP contribution is -2.05. The predicted octanol–water partition coefficient (Wildman–Crippen LogP) is 4.28. The lowest BCUT2D eigenvalue weighted by molar-refractivity contribution is 0.386. The molecule has 0 aliphatic heterocycles. The van der Waals surface area contributed by atoms with Gasteiger partial charge >= 0.3 is 0 Å². The molecule has 2 N–H and O–H groups in total. The summed E-state index contributed by atoms with van der Waals surface area (Å²) in [6.45, 7) is 1.94. The van der Waals surface area contributed by atoms with Gasteiger partial charge in [-0.2, -0.15) is 0 Å². The van der Waals surface area contributed by atoms with Crippen LogP contribution in [0.15, 0.2) is 40.9 Å². The third kappa shape index (κ3) is 3.89. The first-order valence-corrected chi connectivity index (χ1v) is 7.28. The maximum atomic E-state index is 5.89. The van der Waals surface area contributed by atoms with Crippen LogP contribution in [0, 0.1) is 0 Å². The van der Waals surface area contributed by atoms with Crippen LogP contribution >= 0.6 is 15.9 Å². The van der Waals surface area contributed by atoms with E-state index in [4.69, 9.17) is 19.9 Å². The van der Waals surface area contributed by atoms with Gasteiger partial charge in [0.05, 0.1) is 14.2 Å². The molecule has 5 heteroatoms. The molecule has 112 valence electrons. The third-order valence-electron chi connectivity index (χ3n) is 3.02. The predicted molar refractivity (Wildman–Crippen MR) is 86.4 cm³/mol. The number of hydrogen-bond donors (Lipinski definition) is 1. The molecule has 0 bridgehead atoms. The Kier molecular flexibility index (Phi) is 5.09. The van der Waals surface area contributed by atoms with Gasteiger partial charge < -0.3 is 19.9 Å². The Morgan fingerprint density at radius 2 is 1.48 bits per heavy atom. The zero-order valence-corrected chi connectivity index (χ0v) is 13.8. The number of nitrogens with two attached hydrogens (primary N) is 1. The van der Waals surface area contributed by atoms with Gasteiger partial charge in [-0.05, 0) is 24.6 Å². The summed E-state index contributed by atoms with van der Waals surface area (Å²) < 4.78 is 17.2. The molecule has 0 heterocycles. The monoisotopic (exact) mass is 351 g/mol. The molecule has 0 saturated carbocycles. The van der Waals surface area contributed by atoms with Gasteiger partial charge in [0.2, 0.25) is 0 Å². The second kappa shape index (κ2) is 6.83. The minimum Gasteiger partial charge on any atom is -0.496 e. The average Bonchev–Trinajstić information content (AvgIpc) is 2.46. The molecule has 4 nitrogen and oxygen atoms in total. The van der Waals surface area contributed by atoms with Gasteiger partial charge in [-0.25, -0.2) is 0 Å². The van der Waals surface area contributed by atoms with Crippen molar-refractivity contribution in [3.8, 4) is 23.0 Å². The van der Waals surface area contributed by atoms with Crippen molar-refractivity contribution < 1.29 is 14.2 Å². The molecule has 1 atom stereocenters. The molecule has 0 aliphatic carbocycles.